The van der Waals surface area contributed by atoms with Gasteiger partial charge in [-0.05, 0) is 41.5 Å². The highest BCUT2D eigenvalue weighted by atomic mass is 32.1. The molecule has 0 N–H and O–H groups in total. The Balaban J connectivity index is 1.53. The Morgan fingerprint density at radius 3 is 2.27 bits per heavy atom. The normalized spacial score (nSPS) is 12.0. The Bertz CT molecular complexity index is 1760. The van der Waals surface area contributed by atoms with Crippen LogP contribution in [0.25, 0.3) is 62.8 Å². The van der Waals surface area contributed by atoms with Crippen molar-refractivity contribution < 1.29 is 0 Å². The molecule has 0 saturated heterocycles. The minimum Gasteiger partial charge on any atom is -0.243 e. The summed E-state index contributed by atoms with van der Waals surface area (Å²) in [7, 11) is 0. The molecule has 30 heavy (non-hydrogen) atoms. The van der Waals surface area contributed by atoms with Crippen LogP contribution in [0, 0.1) is 0 Å². The molecule has 4 heteroatoms. The maximum absolute atomic E-state index is 4.95. The molecule has 0 aliphatic carbocycles. The predicted octanol–water partition coefficient (Wildman–Crippen LogP) is 8.03. The van der Waals surface area contributed by atoms with Crippen LogP contribution in [0.2, 0.25) is 0 Å². The Kier molecular flexibility index (Phi) is 3.34. The highest BCUT2D eigenvalue weighted by molar-refractivity contribution is 7.26. The van der Waals surface area contributed by atoms with Crippen molar-refractivity contribution in [2.75, 3.05) is 0 Å². The van der Waals surface area contributed by atoms with Crippen molar-refractivity contribution in [1.29, 1.82) is 0 Å². The van der Waals surface area contributed by atoms with Gasteiger partial charge in [0.15, 0.2) is 0 Å². The first-order valence-corrected chi connectivity index (χ1v) is 11.5. The molecule has 0 spiro atoms. The fourth-order valence-electron chi connectivity index (χ4n) is 4.28. The first-order valence-electron chi connectivity index (χ1n) is 9.85. The van der Waals surface area contributed by atoms with Crippen LogP contribution in [0.4, 0.5) is 0 Å². The summed E-state index contributed by atoms with van der Waals surface area (Å²) in [6.45, 7) is 0. The zero-order chi connectivity index (χ0) is 19.7. The van der Waals surface area contributed by atoms with E-state index in [0.29, 0.717) is 0 Å². The maximum Gasteiger partial charge on any atom is 0.143 e. The van der Waals surface area contributed by atoms with Gasteiger partial charge >= 0.3 is 0 Å². The summed E-state index contributed by atoms with van der Waals surface area (Å²) in [5, 5.41) is 3.84. The molecular formula is C26H14N2S2. The Morgan fingerprint density at radius 2 is 1.33 bits per heavy atom. The molecule has 0 unspecified atom stereocenters. The third-order valence-corrected chi connectivity index (χ3v) is 7.97. The first-order chi connectivity index (χ1) is 14.8. The molecule has 0 amide bonds. The van der Waals surface area contributed by atoms with E-state index in [1.54, 1.807) is 11.3 Å². The average Bonchev–Trinajstić information content (AvgIpc) is 3.35. The topological polar surface area (TPSA) is 25.8 Å². The molecule has 3 aromatic heterocycles. The summed E-state index contributed by atoms with van der Waals surface area (Å²) >= 11 is 3.59. The van der Waals surface area contributed by atoms with Crippen LogP contribution in [-0.2, 0) is 0 Å². The summed E-state index contributed by atoms with van der Waals surface area (Å²) in [5.41, 5.74) is 5.41. The number of thiophene rings is 2. The van der Waals surface area contributed by atoms with E-state index in [1.165, 1.54) is 41.4 Å². The molecule has 3 heterocycles. The monoisotopic (exact) mass is 418 g/mol. The lowest BCUT2D eigenvalue weighted by molar-refractivity contribution is 1.43. The zero-order valence-electron chi connectivity index (χ0n) is 15.8. The van der Waals surface area contributed by atoms with Crippen LogP contribution < -0.4 is 0 Å². The molecule has 0 aliphatic heterocycles. The minimum atomic E-state index is 0.946. The van der Waals surface area contributed by atoms with E-state index in [4.69, 9.17) is 9.97 Å². The quantitative estimate of drug-likeness (QED) is 0.270. The van der Waals surface area contributed by atoms with Crippen LogP contribution in [-0.4, -0.2) is 9.97 Å². The molecule has 0 aliphatic rings. The number of rotatable bonds is 1. The van der Waals surface area contributed by atoms with E-state index >= 15 is 0 Å². The van der Waals surface area contributed by atoms with Crippen LogP contribution in [0.1, 0.15) is 0 Å². The van der Waals surface area contributed by atoms with E-state index in [2.05, 4.69) is 60.7 Å². The van der Waals surface area contributed by atoms with Crippen molar-refractivity contribution in [1.82, 2.24) is 9.97 Å². The van der Waals surface area contributed by atoms with Gasteiger partial charge in [-0.3, -0.25) is 0 Å². The van der Waals surface area contributed by atoms with E-state index in [0.717, 1.165) is 21.4 Å². The second kappa shape index (κ2) is 6.08. The van der Waals surface area contributed by atoms with Gasteiger partial charge in [0.1, 0.15) is 10.3 Å². The third-order valence-electron chi connectivity index (χ3n) is 5.70. The number of hydrogen-bond donors (Lipinski definition) is 0. The van der Waals surface area contributed by atoms with E-state index in [-0.39, 0.29) is 0 Å². The van der Waals surface area contributed by atoms with Gasteiger partial charge in [-0.25, -0.2) is 9.97 Å². The van der Waals surface area contributed by atoms with Crippen molar-refractivity contribution >= 4 is 74.3 Å². The van der Waals surface area contributed by atoms with Crippen molar-refractivity contribution in [2.45, 2.75) is 0 Å². The molecule has 0 fully saturated rings. The average molecular weight is 419 g/mol. The van der Waals surface area contributed by atoms with Gasteiger partial charge in [-0.2, -0.15) is 0 Å². The number of aromatic nitrogens is 2. The summed E-state index contributed by atoms with van der Waals surface area (Å²) in [5.74, 6) is 0. The van der Waals surface area contributed by atoms with Crippen LogP contribution >= 0.6 is 22.7 Å². The van der Waals surface area contributed by atoms with Crippen LogP contribution in [0.5, 0.6) is 0 Å². The van der Waals surface area contributed by atoms with Gasteiger partial charge in [0.25, 0.3) is 0 Å². The van der Waals surface area contributed by atoms with E-state index < -0.39 is 0 Å². The van der Waals surface area contributed by atoms with Gasteiger partial charge in [-0.1, -0.05) is 54.6 Å². The van der Waals surface area contributed by atoms with Gasteiger partial charge in [0.2, 0.25) is 0 Å². The van der Waals surface area contributed by atoms with Gasteiger partial charge in [0.05, 0.1) is 11.0 Å². The number of benzene rings is 4. The smallest absolute Gasteiger partial charge is 0.143 e. The SMILES string of the molecule is c1ccc2nc3c(nc2c1)sc1ccc(-c2cccc4c2sc2ccccc24)cc13. The summed E-state index contributed by atoms with van der Waals surface area (Å²) in [4.78, 5) is 10.8. The Hall–Kier alpha value is -3.34. The lowest BCUT2D eigenvalue weighted by atomic mass is 10.0. The maximum atomic E-state index is 4.95. The van der Waals surface area contributed by atoms with Crippen molar-refractivity contribution in [3.8, 4) is 11.1 Å². The fraction of sp³-hybridized carbons (Fsp3) is 0. The lowest BCUT2D eigenvalue weighted by Crippen LogP contribution is -1.83. The third kappa shape index (κ3) is 2.29. The molecular weight excluding hydrogens is 404 g/mol. The standard InChI is InChI=1S/C26H14N2S2/c1-4-11-22-17(6-1)18-8-5-7-16(25(18)29-22)15-12-13-23-19(14-15)24-26(30-23)28-21-10-3-2-9-20(21)27-24/h1-14H. The molecule has 7 aromatic rings. The summed E-state index contributed by atoms with van der Waals surface area (Å²) in [6.07, 6.45) is 0. The highest BCUT2D eigenvalue weighted by Gasteiger charge is 2.13. The van der Waals surface area contributed by atoms with Gasteiger partial charge in [0, 0.05) is 30.3 Å². The predicted molar refractivity (Wildman–Crippen MR) is 131 cm³/mol. The number of hydrogen-bond acceptors (Lipinski definition) is 4. The minimum absolute atomic E-state index is 0.946. The van der Waals surface area contributed by atoms with Gasteiger partial charge in [-0.15, -0.1) is 22.7 Å². The Labute approximate surface area is 180 Å². The van der Waals surface area contributed by atoms with E-state index in [1.807, 2.05) is 35.6 Å². The second-order valence-corrected chi connectivity index (χ2v) is 9.54. The highest BCUT2D eigenvalue weighted by Crippen LogP contribution is 2.41. The molecule has 7 rings (SSSR count). The second-order valence-electron chi connectivity index (χ2n) is 7.46. The molecule has 2 nitrogen and oxygen atoms in total. The van der Waals surface area contributed by atoms with Crippen LogP contribution in [0.15, 0.2) is 84.9 Å². The van der Waals surface area contributed by atoms with Gasteiger partial charge < -0.3 is 0 Å². The first kappa shape index (κ1) is 16.5. The molecule has 0 atom stereocenters. The molecule has 4 aromatic carbocycles. The molecule has 140 valence electrons. The lowest BCUT2D eigenvalue weighted by Gasteiger charge is -2.04. The van der Waals surface area contributed by atoms with Crippen LogP contribution in [0.3, 0.4) is 0 Å². The Morgan fingerprint density at radius 1 is 0.567 bits per heavy atom. The van der Waals surface area contributed by atoms with Crippen molar-refractivity contribution in [3.63, 3.8) is 0 Å². The molecule has 0 bridgehead atoms. The fourth-order valence-corrected chi connectivity index (χ4v) is 6.53. The summed E-state index contributed by atoms with van der Waals surface area (Å²) in [6, 6.07) is 30.1. The number of nitrogens with zero attached hydrogens (tertiary/aromatic N) is 2. The number of fused-ring (bicyclic) bond motifs is 7. The van der Waals surface area contributed by atoms with Crippen molar-refractivity contribution in [3.05, 3.63) is 84.9 Å². The number of para-hydroxylation sites is 2. The molecule has 0 radical (unpaired) electrons. The molecule has 0 saturated carbocycles. The largest absolute Gasteiger partial charge is 0.243 e. The van der Waals surface area contributed by atoms with E-state index in [9.17, 15) is 0 Å². The zero-order valence-corrected chi connectivity index (χ0v) is 17.4. The van der Waals surface area contributed by atoms with Crippen molar-refractivity contribution in [2.24, 2.45) is 0 Å². The summed E-state index contributed by atoms with van der Waals surface area (Å²) < 4.78 is 3.90.